The number of rotatable bonds is 5. The minimum Gasteiger partial charge on any atom is -0.347 e. The van der Waals surface area contributed by atoms with Crippen molar-refractivity contribution < 1.29 is 4.79 Å². The highest BCUT2D eigenvalue weighted by Crippen LogP contribution is 2.22. The average molecular weight is 397 g/mol. The number of hydrogen-bond acceptors (Lipinski definition) is 4. The topological polar surface area (TPSA) is 66.9 Å². The summed E-state index contributed by atoms with van der Waals surface area (Å²) >= 11 is 3.44. The maximum Gasteiger partial charge on any atom is 0.270 e. The first kappa shape index (κ1) is 17.1. The number of amides is 1. The molecule has 126 valence electrons. The van der Waals surface area contributed by atoms with Crippen molar-refractivity contribution >= 4 is 33.5 Å². The Hall–Kier alpha value is -2.73. The summed E-state index contributed by atoms with van der Waals surface area (Å²) in [6.45, 7) is 2.45. The molecule has 0 fully saturated rings. The van der Waals surface area contributed by atoms with Gasteiger partial charge in [0.1, 0.15) is 5.69 Å². The minimum atomic E-state index is -0.234. The Morgan fingerprint density at radius 1 is 1.12 bits per heavy atom. The van der Waals surface area contributed by atoms with Crippen molar-refractivity contribution in [1.29, 1.82) is 0 Å². The predicted octanol–water partition coefficient (Wildman–Crippen LogP) is 4.22. The second kappa shape index (κ2) is 7.90. The van der Waals surface area contributed by atoms with Crippen LogP contribution in [-0.2, 0) is 6.54 Å². The summed E-state index contributed by atoms with van der Waals surface area (Å²) in [7, 11) is 0. The second-order valence-electron chi connectivity index (χ2n) is 5.52. The van der Waals surface area contributed by atoms with Crippen LogP contribution >= 0.6 is 15.9 Å². The average Bonchev–Trinajstić information content (AvgIpc) is 2.63. The lowest BCUT2D eigenvalue weighted by atomic mass is 10.2. The molecule has 5 nitrogen and oxygen atoms in total. The lowest BCUT2D eigenvalue weighted by molar-refractivity contribution is 0.0946. The van der Waals surface area contributed by atoms with Crippen LogP contribution < -0.4 is 10.6 Å². The first-order valence-corrected chi connectivity index (χ1v) is 8.59. The molecular formula is C19H17BrN4O. The third-order valence-corrected chi connectivity index (χ3v) is 4.11. The first-order chi connectivity index (χ1) is 12.1. The molecule has 3 rings (SSSR count). The fraction of sp³-hybridized carbons (Fsp3) is 0.105. The number of aromatic nitrogens is 2. The molecule has 25 heavy (non-hydrogen) atoms. The number of nitrogens with zero attached hydrogens (tertiary/aromatic N) is 2. The van der Waals surface area contributed by atoms with Gasteiger partial charge in [0, 0.05) is 22.9 Å². The molecule has 2 aromatic carbocycles. The van der Waals surface area contributed by atoms with Crippen LogP contribution in [0.2, 0.25) is 0 Å². The molecule has 0 aliphatic heterocycles. The molecule has 0 atom stereocenters. The number of anilines is 2. The van der Waals surface area contributed by atoms with E-state index in [0.717, 1.165) is 21.3 Å². The van der Waals surface area contributed by atoms with Gasteiger partial charge in [-0.2, -0.15) is 0 Å². The Kier molecular flexibility index (Phi) is 5.40. The molecule has 0 aliphatic rings. The molecule has 2 N–H and O–H groups in total. The van der Waals surface area contributed by atoms with Gasteiger partial charge in [-0.3, -0.25) is 4.79 Å². The molecular weight excluding hydrogens is 380 g/mol. The number of nitrogens with one attached hydrogen (secondary N) is 2. The normalized spacial score (nSPS) is 10.3. The van der Waals surface area contributed by atoms with Gasteiger partial charge in [-0.15, -0.1) is 0 Å². The van der Waals surface area contributed by atoms with E-state index in [1.54, 1.807) is 12.3 Å². The van der Waals surface area contributed by atoms with Crippen molar-refractivity contribution in [3.8, 4) is 0 Å². The molecule has 1 aromatic heterocycles. The van der Waals surface area contributed by atoms with E-state index in [0.29, 0.717) is 18.2 Å². The number of hydrogen-bond donors (Lipinski definition) is 2. The van der Waals surface area contributed by atoms with E-state index in [4.69, 9.17) is 0 Å². The van der Waals surface area contributed by atoms with Crippen LogP contribution in [0.4, 0.5) is 11.6 Å². The van der Waals surface area contributed by atoms with E-state index < -0.39 is 0 Å². The van der Waals surface area contributed by atoms with E-state index in [1.807, 2.05) is 55.5 Å². The molecule has 0 unspecified atom stereocenters. The van der Waals surface area contributed by atoms with Crippen LogP contribution in [0.3, 0.4) is 0 Å². The summed E-state index contributed by atoms with van der Waals surface area (Å²) < 4.78 is 1.01. The Morgan fingerprint density at radius 2 is 1.92 bits per heavy atom. The molecule has 0 radical (unpaired) electrons. The number of benzene rings is 2. The monoisotopic (exact) mass is 396 g/mol. The van der Waals surface area contributed by atoms with Crippen LogP contribution in [0.15, 0.2) is 65.3 Å². The van der Waals surface area contributed by atoms with Crippen molar-refractivity contribution in [3.63, 3.8) is 0 Å². The fourth-order valence-corrected chi connectivity index (χ4v) is 2.78. The summed E-state index contributed by atoms with van der Waals surface area (Å²) in [5.41, 5.74) is 3.30. The van der Waals surface area contributed by atoms with E-state index in [-0.39, 0.29) is 5.91 Å². The van der Waals surface area contributed by atoms with Crippen molar-refractivity contribution in [1.82, 2.24) is 15.3 Å². The number of aryl methyl sites for hydroxylation is 1. The van der Waals surface area contributed by atoms with E-state index in [1.165, 1.54) is 0 Å². The van der Waals surface area contributed by atoms with Crippen molar-refractivity contribution in [2.45, 2.75) is 13.5 Å². The van der Waals surface area contributed by atoms with Crippen LogP contribution in [0.25, 0.3) is 0 Å². The predicted molar refractivity (Wildman–Crippen MR) is 102 cm³/mol. The lowest BCUT2D eigenvalue weighted by Gasteiger charge is -2.10. The molecule has 0 aliphatic carbocycles. The summed E-state index contributed by atoms with van der Waals surface area (Å²) in [5, 5.41) is 6.01. The molecule has 3 aromatic rings. The molecule has 0 saturated carbocycles. The van der Waals surface area contributed by atoms with Crippen molar-refractivity contribution in [2.75, 3.05) is 5.32 Å². The highest BCUT2D eigenvalue weighted by atomic mass is 79.9. The Labute approximate surface area is 154 Å². The zero-order valence-electron chi connectivity index (χ0n) is 13.7. The smallest absolute Gasteiger partial charge is 0.270 e. The van der Waals surface area contributed by atoms with Gasteiger partial charge in [0.25, 0.3) is 5.91 Å². The molecule has 6 heteroatoms. The van der Waals surface area contributed by atoms with Crippen LogP contribution in [0.1, 0.15) is 21.6 Å². The maximum absolute atomic E-state index is 12.3. The Morgan fingerprint density at radius 3 is 2.68 bits per heavy atom. The summed E-state index contributed by atoms with van der Waals surface area (Å²) in [6, 6.07) is 17.2. The summed E-state index contributed by atoms with van der Waals surface area (Å²) in [4.78, 5) is 20.8. The SMILES string of the molecule is Cc1cc(Br)ccc1Nc1nccc(C(=O)NCc2ccccc2)n1. The van der Waals surface area contributed by atoms with Gasteiger partial charge in [0.15, 0.2) is 0 Å². The zero-order valence-corrected chi connectivity index (χ0v) is 15.2. The minimum absolute atomic E-state index is 0.234. The number of carbonyl (C=O) groups excluding carboxylic acids is 1. The van der Waals surface area contributed by atoms with Gasteiger partial charge in [0.05, 0.1) is 0 Å². The lowest BCUT2D eigenvalue weighted by Crippen LogP contribution is -2.24. The largest absolute Gasteiger partial charge is 0.347 e. The van der Waals surface area contributed by atoms with Gasteiger partial charge >= 0.3 is 0 Å². The standard InChI is InChI=1S/C19H17BrN4O/c1-13-11-15(20)7-8-16(13)23-19-21-10-9-17(24-19)18(25)22-12-14-5-3-2-4-6-14/h2-11H,12H2,1H3,(H,22,25)(H,21,23,24). The molecule has 0 bridgehead atoms. The Bertz CT molecular complexity index is 884. The van der Waals surface area contributed by atoms with E-state index >= 15 is 0 Å². The van der Waals surface area contributed by atoms with Gasteiger partial charge in [-0.1, -0.05) is 46.3 Å². The fourth-order valence-electron chi connectivity index (χ4n) is 2.30. The number of halogens is 1. The van der Waals surface area contributed by atoms with Gasteiger partial charge in [0.2, 0.25) is 5.95 Å². The maximum atomic E-state index is 12.3. The third-order valence-electron chi connectivity index (χ3n) is 3.62. The molecule has 1 heterocycles. The van der Waals surface area contributed by atoms with Gasteiger partial charge in [-0.05, 0) is 42.3 Å². The second-order valence-corrected chi connectivity index (χ2v) is 6.43. The highest BCUT2D eigenvalue weighted by molar-refractivity contribution is 9.10. The first-order valence-electron chi connectivity index (χ1n) is 7.80. The van der Waals surface area contributed by atoms with Crippen LogP contribution in [0, 0.1) is 6.92 Å². The van der Waals surface area contributed by atoms with Crippen molar-refractivity contribution in [2.24, 2.45) is 0 Å². The molecule has 0 spiro atoms. The van der Waals surface area contributed by atoms with E-state index in [2.05, 4.69) is 36.5 Å². The van der Waals surface area contributed by atoms with Crippen LogP contribution in [0.5, 0.6) is 0 Å². The quantitative estimate of drug-likeness (QED) is 0.677. The number of carbonyl (C=O) groups is 1. The highest BCUT2D eigenvalue weighted by Gasteiger charge is 2.09. The molecule has 1 amide bonds. The Balaban J connectivity index is 1.69. The summed E-state index contributed by atoms with van der Waals surface area (Å²) in [5.74, 6) is 0.152. The van der Waals surface area contributed by atoms with Crippen LogP contribution in [-0.4, -0.2) is 15.9 Å². The zero-order chi connectivity index (χ0) is 17.6. The molecule has 0 saturated heterocycles. The van der Waals surface area contributed by atoms with Gasteiger partial charge < -0.3 is 10.6 Å². The van der Waals surface area contributed by atoms with E-state index in [9.17, 15) is 4.79 Å². The van der Waals surface area contributed by atoms with Crippen molar-refractivity contribution in [3.05, 3.63) is 82.1 Å². The summed E-state index contributed by atoms with van der Waals surface area (Å²) in [6.07, 6.45) is 1.57. The third kappa shape index (κ3) is 4.64. The van der Waals surface area contributed by atoms with Gasteiger partial charge in [-0.25, -0.2) is 9.97 Å².